The van der Waals surface area contributed by atoms with E-state index in [0.717, 1.165) is 8.95 Å². The van der Waals surface area contributed by atoms with Crippen molar-refractivity contribution in [1.29, 1.82) is 0 Å². The molecule has 0 saturated carbocycles. The van der Waals surface area contributed by atoms with Gasteiger partial charge in [0, 0.05) is 4.47 Å². The second-order valence-corrected chi connectivity index (χ2v) is 5.62. The van der Waals surface area contributed by atoms with Crippen molar-refractivity contribution in [3.63, 3.8) is 0 Å². The maximum absolute atomic E-state index is 11.0. The van der Waals surface area contributed by atoms with Crippen LogP contribution in [0.2, 0.25) is 5.02 Å². The van der Waals surface area contributed by atoms with Crippen molar-refractivity contribution in [1.82, 2.24) is 0 Å². The van der Waals surface area contributed by atoms with Gasteiger partial charge in [-0.3, -0.25) is 4.79 Å². The molecule has 2 aromatic rings. The molecule has 0 aliphatic heterocycles. The highest BCUT2D eigenvalue weighted by Gasteiger charge is 2.10. The quantitative estimate of drug-likeness (QED) is 0.650. The monoisotopic (exact) mass is 388 g/mol. The van der Waals surface area contributed by atoms with Gasteiger partial charge in [-0.25, -0.2) is 0 Å². The molecule has 0 N–H and O–H groups in total. The van der Waals surface area contributed by atoms with E-state index in [4.69, 9.17) is 16.3 Å². The molecule has 0 fully saturated rings. The van der Waals surface area contributed by atoms with E-state index in [9.17, 15) is 4.79 Å². The second-order valence-electron chi connectivity index (χ2n) is 3.45. The van der Waals surface area contributed by atoms with Crippen molar-refractivity contribution in [2.45, 2.75) is 0 Å². The van der Waals surface area contributed by atoms with Crippen LogP contribution < -0.4 is 4.74 Å². The van der Waals surface area contributed by atoms with E-state index >= 15 is 0 Å². The third-order valence-corrected chi connectivity index (χ3v) is 3.69. The van der Waals surface area contributed by atoms with E-state index in [1.54, 1.807) is 24.3 Å². The Morgan fingerprint density at radius 1 is 1.11 bits per heavy atom. The van der Waals surface area contributed by atoms with Crippen molar-refractivity contribution in [2.75, 3.05) is 0 Å². The Morgan fingerprint density at radius 3 is 2.56 bits per heavy atom. The molecule has 0 aliphatic carbocycles. The highest BCUT2D eigenvalue weighted by molar-refractivity contribution is 9.11. The van der Waals surface area contributed by atoms with Crippen molar-refractivity contribution in [3.05, 3.63) is 55.9 Å². The van der Waals surface area contributed by atoms with E-state index in [1.807, 2.05) is 12.1 Å². The minimum absolute atomic E-state index is 0.342. The Hall–Kier alpha value is -0.840. The summed E-state index contributed by atoms with van der Waals surface area (Å²) in [5.41, 5.74) is 0.342. The fraction of sp³-hybridized carbons (Fsp3) is 0. The molecule has 92 valence electrons. The van der Waals surface area contributed by atoms with Gasteiger partial charge in [0.25, 0.3) is 0 Å². The van der Waals surface area contributed by atoms with Gasteiger partial charge >= 0.3 is 0 Å². The Kier molecular flexibility index (Phi) is 4.43. The normalized spacial score (nSPS) is 10.2. The minimum atomic E-state index is 0.342. The van der Waals surface area contributed by atoms with E-state index in [0.29, 0.717) is 28.4 Å². The summed E-state index contributed by atoms with van der Waals surface area (Å²) in [7, 11) is 0. The molecular formula is C13H7Br2ClO2. The lowest BCUT2D eigenvalue weighted by Crippen LogP contribution is -1.92. The second kappa shape index (κ2) is 5.87. The molecule has 2 nitrogen and oxygen atoms in total. The number of benzene rings is 2. The number of halogens is 3. The standard InChI is InChI=1S/C13H7Br2ClO2/c14-8-4-5-13(10(15)6-8)18-12-3-1-2-11(16)9(12)7-17/h1-7H. The van der Waals surface area contributed by atoms with Crippen LogP contribution in [0, 0.1) is 0 Å². The first-order chi connectivity index (χ1) is 8.61. The molecule has 0 heterocycles. The molecule has 0 atom stereocenters. The van der Waals surface area contributed by atoms with Gasteiger partial charge in [0.1, 0.15) is 11.5 Å². The summed E-state index contributed by atoms with van der Waals surface area (Å²) < 4.78 is 7.40. The van der Waals surface area contributed by atoms with Gasteiger partial charge in [0.15, 0.2) is 6.29 Å². The number of carbonyl (C=O) groups is 1. The van der Waals surface area contributed by atoms with Crippen LogP contribution in [-0.4, -0.2) is 6.29 Å². The van der Waals surface area contributed by atoms with Gasteiger partial charge < -0.3 is 4.74 Å². The van der Waals surface area contributed by atoms with Gasteiger partial charge in [0.05, 0.1) is 15.1 Å². The maximum atomic E-state index is 11.0. The van der Waals surface area contributed by atoms with Crippen LogP contribution in [0.3, 0.4) is 0 Å². The largest absolute Gasteiger partial charge is 0.455 e. The van der Waals surface area contributed by atoms with Crippen molar-refractivity contribution in [3.8, 4) is 11.5 Å². The van der Waals surface area contributed by atoms with Gasteiger partial charge in [-0.2, -0.15) is 0 Å². The first-order valence-corrected chi connectivity index (χ1v) is 6.95. The van der Waals surface area contributed by atoms with Crippen molar-refractivity contribution in [2.24, 2.45) is 0 Å². The Morgan fingerprint density at radius 2 is 1.89 bits per heavy atom. The van der Waals surface area contributed by atoms with Gasteiger partial charge in [-0.15, -0.1) is 0 Å². The predicted molar refractivity (Wildman–Crippen MR) is 78.8 cm³/mol. The van der Waals surface area contributed by atoms with Crippen LogP contribution in [0.1, 0.15) is 10.4 Å². The molecule has 0 saturated heterocycles. The summed E-state index contributed by atoms with van der Waals surface area (Å²) in [4.78, 5) is 11.0. The lowest BCUT2D eigenvalue weighted by atomic mass is 10.2. The Bertz CT molecular complexity index is 600. The Labute approximate surface area is 126 Å². The zero-order valence-electron chi connectivity index (χ0n) is 8.99. The van der Waals surface area contributed by atoms with Crippen LogP contribution in [0.5, 0.6) is 11.5 Å². The topological polar surface area (TPSA) is 26.3 Å². The molecule has 0 unspecified atom stereocenters. The lowest BCUT2D eigenvalue weighted by molar-refractivity contribution is 0.112. The van der Waals surface area contributed by atoms with E-state index in [1.165, 1.54) is 0 Å². The number of hydrogen-bond acceptors (Lipinski definition) is 2. The molecule has 0 spiro atoms. The molecule has 0 radical (unpaired) electrons. The van der Waals surface area contributed by atoms with Crippen molar-refractivity contribution >= 4 is 49.7 Å². The number of carbonyl (C=O) groups excluding carboxylic acids is 1. The number of aldehydes is 1. The molecule has 5 heteroatoms. The fourth-order valence-electron chi connectivity index (χ4n) is 1.40. The molecule has 18 heavy (non-hydrogen) atoms. The number of rotatable bonds is 3. The number of ether oxygens (including phenoxy) is 1. The zero-order valence-corrected chi connectivity index (χ0v) is 12.9. The molecule has 2 aromatic carbocycles. The van der Waals surface area contributed by atoms with Crippen molar-refractivity contribution < 1.29 is 9.53 Å². The molecule has 0 aromatic heterocycles. The van der Waals surface area contributed by atoms with Gasteiger partial charge in [-0.1, -0.05) is 33.6 Å². The van der Waals surface area contributed by atoms with Crippen LogP contribution in [-0.2, 0) is 0 Å². The third-order valence-electron chi connectivity index (χ3n) is 2.24. The van der Waals surface area contributed by atoms with Crippen LogP contribution >= 0.6 is 43.5 Å². The first-order valence-electron chi connectivity index (χ1n) is 4.98. The molecule has 0 bridgehead atoms. The van der Waals surface area contributed by atoms with Gasteiger partial charge in [-0.05, 0) is 46.3 Å². The zero-order chi connectivity index (χ0) is 13.1. The first kappa shape index (κ1) is 13.6. The summed E-state index contributed by atoms with van der Waals surface area (Å²) >= 11 is 12.7. The maximum Gasteiger partial charge on any atom is 0.155 e. The molecule has 0 amide bonds. The van der Waals surface area contributed by atoms with Crippen LogP contribution in [0.15, 0.2) is 45.3 Å². The minimum Gasteiger partial charge on any atom is -0.455 e. The van der Waals surface area contributed by atoms with E-state index < -0.39 is 0 Å². The highest BCUT2D eigenvalue weighted by atomic mass is 79.9. The summed E-state index contributed by atoms with van der Waals surface area (Å²) in [6, 6.07) is 10.6. The van der Waals surface area contributed by atoms with Gasteiger partial charge in [0.2, 0.25) is 0 Å². The molecular weight excluding hydrogens is 383 g/mol. The average Bonchev–Trinajstić information content (AvgIpc) is 2.33. The van der Waals surface area contributed by atoms with E-state index in [-0.39, 0.29) is 0 Å². The highest BCUT2D eigenvalue weighted by Crippen LogP contribution is 2.34. The average molecular weight is 390 g/mol. The lowest BCUT2D eigenvalue weighted by Gasteiger charge is -2.10. The van der Waals surface area contributed by atoms with Crippen LogP contribution in [0.4, 0.5) is 0 Å². The molecule has 2 rings (SSSR count). The third kappa shape index (κ3) is 2.94. The summed E-state index contributed by atoms with van der Waals surface area (Å²) in [6.07, 6.45) is 0.685. The fourth-order valence-corrected chi connectivity index (χ4v) is 2.74. The predicted octanol–water partition coefficient (Wildman–Crippen LogP) is 5.47. The summed E-state index contributed by atoms with van der Waals surface area (Å²) in [5.74, 6) is 1.05. The summed E-state index contributed by atoms with van der Waals surface area (Å²) in [6.45, 7) is 0. The smallest absolute Gasteiger partial charge is 0.155 e. The number of hydrogen-bond donors (Lipinski definition) is 0. The molecule has 0 aliphatic rings. The van der Waals surface area contributed by atoms with Crippen LogP contribution in [0.25, 0.3) is 0 Å². The summed E-state index contributed by atoms with van der Waals surface area (Å²) in [5, 5.41) is 0.371. The Balaban J connectivity index is 2.40. The van der Waals surface area contributed by atoms with E-state index in [2.05, 4.69) is 31.9 Å². The SMILES string of the molecule is O=Cc1c(Cl)cccc1Oc1ccc(Br)cc1Br.